The number of aromatic amines is 1. The third-order valence-corrected chi connectivity index (χ3v) is 3.81. The van der Waals surface area contributed by atoms with Crippen LogP contribution in [0.15, 0.2) is 12.3 Å². The van der Waals surface area contributed by atoms with Crippen LogP contribution in [-0.4, -0.2) is 54.5 Å². The number of hydrogen-bond donors (Lipinski definition) is 2. The quantitative estimate of drug-likeness (QED) is 0.830. The molecule has 0 spiro atoms. The predicted molar refractivity (Wildman–Crippen MR) is 74.5 cm³/mol. The maximum Gasteiger partial charge on any atom is 0.271 e. The van der Waals surface area contributed by atoms with Crippen LogP contribution in [0.1, 0.15) is 28.9 Å². The molecule has 1 fully saturated rings. The molecule has 21 heavy (non-hydrogen) atoms. The van der Waals surface area contributed by atoms with E-state index in [1.54, 1.807) is 7.05 Å². The summed E-state index contributed by atoms with van der Waals surface area (Å²) in [7, 11) is 3.05. The third-order valence-electron chi connectivity index (χ3n) is 3.81. The summed E-state index contributed by atoms with van der Waals surface area (Å²) in [5, 5.41) is 11.4. The number of likely N-dealkylation sites (N-methyl/N-ethyl adjacent to an activating group) is 1. The maximum atomic E-state index is 12.6. The number of methoxy groups -OCH3 is 1. The first-order valence-corrected chi connectivity index (χ1v) is 6.70. The van der Waals surface area contributed by atoms with Crippen molar-refractivity contribution < 1.29 is 14.3 Å². The van der Waals surface area contributed by atoms with E-state index in [2.05, 4.69) is 10.3 Å². The molecule has 2 amide bonds. The predicted octanol–water partition coefficient (Wildman–Crippen LogP) is 0.254. The molecular formula is C14H18N4O3. The van der Waals surface area contributed by atoms with Crippen LogP contribution in [0.5, 0.6) is 0 Å². The Balaban J connectivity index is 2.33. The Morgan fingerprint density at radius 2 is 2.38 bits per heavy atom. The molecule has 0 bridgehead atoms. The molecule has 0 aliphatic carbocycles. The minimum absolute atomic E-state index is 0.143. The zero-order valence-electron chi connectivity index (χ0n) is 12.1. The largest absolute Gasteiger partial charge is 0.382 e. The summed E-state index contributed by atoms with van der Waals surface area (Å²) in [5.41, 5.74) is -0.300. The van der Waals surface area contributed by atoms with Crippen LogP contribution in [0.2, 0.25) is 0 Å². The van der Waals surface area contributed by atoms with Gasteiger partial charge in [-0.2, -0.15) is 5.26 Å². The summed E-state index contributed by atoms with van der Waals surface area (Å²) in [5.74, 6) is -0.531. The van der Waals surface area contributed by atoms with Gasteiger partial charge in [0.1, 0.15) is 17.3 Å². The van der Waals surface area contributed by atoms with Gasteiger partial charge in [-0.3, -0.25) is 9.59 Å². The van der Waals surface area contributed by atoms with Crippen molar-refractivity contribution in [2.75, 3.05) is 27.3 Å². The number of rotatable bonds is 4. The van der Waals surface area contributed by atoms with Crippen LogP contribution < -0.4 is 5.32 Å². The highest BCUT2D eigenvalue weighted by molar-refractivity contribution is 5.99. The van der Waals surface area contributed by atoms with Crippen LogP contribution in [0, 0.1) is 11.3 Å². The van der Waals surface area contributed by atoms with Gasteiger partial charge in [0.25, 0.3) is 5.91 Å². The average Bonchev–Trinajstić information content (AvgIpc) is 3.13. The van der Waals surface area contributed by atoms with E-state index in [4.69, 9.17) is 10.00 Å². The van der Waals surface area contributed by atoms with Gasteiger partial charge in [0.05, 0.1) is 12.2 Å². The molecular weight excluding hydrogens is 272 g/mol. The van der Waals surface area contributed by atoms with Gasteiger partial charge in [-0.1, -0.05) is 0 Å². The molecule has 1 aromatic heterocycles. The summed E-state index contributed by atoms with van der Waals surface area (Å²) in [4.78, 5) is 29.2. The highest BCUT2D eigenvalue weighted by Crippen LogP contribution is 2.31. The smallest absolute Gasteiger partial charge is 0.271 e. The first-order chi connectivity index (χ1) is 10.1. The SMILES string of the molecule is CNC(=O)C1(COC)CCCN1C(=O)c1cc(C#N)c[nH]1. The number of H-pyrrole nitrogens is 1. The van der Waals surface area contributed by atoms with Gasteiger partial charge in [-0.25, -0.2) is 0 Å². The van der Waals surface area contributed by atoms with Crippen LogP contribution in [-0.2, 0) is 9.53 Å². The molecule has 1 aliphatic rings. The average molecular weight is 290 g/mol. The number of hydrogen-bond acceptors (Lipinski definition) is 4. The zero-order valence-corrected chi connectivity index (χ0v) is 12.1. The van der Waals surface area contributed by atoms with Gasteiger partial charge in [-0.05, 0) is 18.9 Å². The van der Waals surface area contributed by atoms with Crippen LogP contribution in [0.4, 0.5) is 0 Å². The van der Waals surface area contributed by atoms with E-state index in [-0.39, 0.29) is 18.4 Å². The van der Waals surface area contributed by atoms with Gasteiger partial charge >= 0.3 is 0 Å². The van der Waals surface area contributed by atoms with Crippen molar-refractivity contribution in [3.05, 3.63) is 23.5 Å². The molecule has 1 unspecified atom stereocenters. The number of likely N-dealkylation sites (tertiary alicyclic amines) is 1. The van der Waals surface area contributed by atoms with E-state index in [1.807, 2.05) is 6.07 Å². The minimum Gasteiger partial charge on any atom is -0.382 e. The highest BCUT2D eigenvalue weighted by atomic mass is 16.5. The Hall–Kier alpha value is -2.33. The van der Waals surface area contributed by atoms with Crippen molar-refractivity contribution >= 4 is 11.8 Å². The Kier molecular flexibility index (Phi) is 4.29. The second-order valence-corrected chi connectivity index (χ2v) is 5.02. The molecule has 112 valence electrons. The molecule has 2 N–H and O–H groups in total. The number of ether oxygens (including phenoxy) is 1. The second kappa shape index (κ2) is 5.97. The fraction of sp³-hybridized carbons (Fsp3) is 0.500. The minimum atomic E-state index is -0.988. The Bertz CT molecular complexity index is 589. The summed E-state index contributed by atoms with van der Waals surface area (Å²) in [6.45, 7) is 0.626. The number of nitrogens with zero attached hydrogens (tertiary/aromatic N) is 2. The lowest BCUT2D eigenvalue weighted by Gasteiger charge is -2.35. The lowest BCUT2D eigenvalue weighted by atomic mass is 9.95. The van der Waals surface area contributed by atoms with E-state index in [0.717, 1.165) is 6.42 Å². The Labute approximate surface area is 122 Å². The monoisotopic (exact) mass is 290 g/mol. The molecule has 2 rings (SSSR count). The molecule has 7 heteroatoms. The lowest BCUT2D eigenvalue weighted by molar-refractivity contribution is -0.133. The summed E-state index contributed by atoms with van der Waals surface area (Å²) >= 11 is 0. The normalized spacial score (nSPS) is 21.1. The first kappa shape index (κ1) is 15.1. The number of carbonyl (C=O) groups is 2. The molecule has 0 radical (unpaired) electrons. The van der Waals surface area contributed by atoms with E-state index in [0.29, 0.717) is 24.2 Å². The summed E-state index contributed by atoms with van der Waals surface area (Å²) in [6, 6.07) is 3.45. The van der Waals surface area contributed by atoms with Crippen LogP contribution in [0.3, 0.4) is 0 Å². The molecule has 1 atom stereocenters. The molecule has 2 heterocycles. The fourth-order valence-electron chi connectivity index (χ4n) is 2.83. The van der Waals surface area contributed by atoms with E-state index < -0.39 is 5.54 Å². The lowest BCUT2D eigenvalue weighted by Crippen LogP contribution is -2.59. The van der Waals surface area contributed by atoms with Gasteiger partial charge in [0, 0.05) is 26.9 Å². The fourth-order valence-corrected chi connectivity index (χ4v) is 2.83. The first-order valence-electron chi connectivity index (χ1n) is 6.70. The van der Waals surface area contributed by atoms with Crippen molar-refractivity contribution in [1.82, 2.24) is 15.2 Å². The Morgan fingerprint density at radius 3 is 2.95 bits per heavy atom. The number of aromatic nitrogens is 1. The molecule has 7 nitrogen and oxygen atoms in total. The number of carbonyl (C=O) groups excluding carboxylic acids is 2. The second-order valence-electron chi connectivity index (χ2n) is 5.02. The van der Waals surface area contributed by atoms with Crippen molar-refractivity contribution in [2.24, 2.45) is 0 Å². The molecule has 0 aromatic carbocycles. The van der Waals surface area contributed by atoms with E-state index in [9.17, 15) is 9.59 Å². The van der Waals surface area contributed by atoms with Crippen molar-refractivity contribution in [1.29, 1.82) is 5.26 Å². The van der Waals surface area contributed by atoms with E-state index >= 15 is 0 Å². The van der Waals surface area contributed by atoms with E-state index in [1.165, 1.54) is 24.3 Å². The third kappa shape index (κ3) is 2.50. The number of amides is 2. The molecule has 1 aliphatic heterocycles. The van der Waals surface area contributed by atoms with Crippen molar-refractivity contribution in [2.45, 2.75) is 18.4 Å². The molecule has 1 aromatic rings. The van der Waals surface area contributed by atoms with Gasteiger partial charge < -0.3 is 19.9 Å². The molecule has 1 saturated heterocycles. The standard InChI is InChI=1S/C14H18N4O3/c1-16-13(20)14(9-21-2)4-3-5-18(14)12(19)11-6-10(7-15)8-17-11/h6,8,17H,3-5,9H2,1-2H3,(H,16,20). The Morgan fingerprint density at radius 1 is 1.62 bits per heavy atom. The van der Waals surface area contributed by atoms with Crippen molar-refractivity contribution in [3.63, 3.8) is 0 Å². The maximum absolute atomic E-state index is 12.6. The van der Waals surface area contributed by atoms with Gasteiger partial charge in [0.15, 0.2) is 0 Å². The van der Waals surface area contributed by atoms with Crippen molar-refractivity contribution in [3.8, 4) is 6.07 Å². The van der Waals surface area contributed by atoms with Crippen LogP contribution in [0.25, 0.3) is 0 Å². The summed E-state index contributed by atoms with van der Waals surface area (Å²) in [6.07, 6.45) is 2.76. The van der Waals surface area contributed by atoms with Gasteiger partial charge in [0.2, 0.25) is 5.91 Å². The highest BCUT2D eigenvalue weighted by Gasteiger charge is 2.49. The van der Waals surface area contributed by atoms with Crippen LogP contribution >= 0.6 is 0 Å². The topological polar surface area (TPSA) is 98.2 Å². The molecule has 0 saturated carbocycles. The number of nitriles is 1. The van der Waals surface area contributed by atoms with Gasteiger partial charge in [-0.15, -0.1) is 0 Å². The number of nitrogens with one attached hydrogen (secondary N) is 2. The zero-order chi connectivity index (χ0) is 15.5. The summed E-state index contributed by atoms with van der Waals surface area (Å²) < 4.78 is 5.18.